The smallest absolute Gasteiger partial charge is 0.307 e. The molecule has 0 spiro atoms. The lowest BCUT2D eigenvalue weighted by Crippen LogP contribution is -2.20. The van der Waals surface area contributed by atoms with Gasteiger partial charge >= 0.3 is 5.97 Å². The average molecular weight is 221 g/mol. The van der Waals surface area contributed by atoms with Crippen molar-refractivity contribution in [3.05, 3.63) is 29.3 Å². The van der Waals surface area contributed by atoms with Gasteiger partial charge in [-0.25, -0.2) is 0 Å². The minimum atomic E-state index is -0.190. The van der Waals surface area contributed by atoms with E-state index in [1.54, 1.807) is 0 Å². The van der Waals surface area contributed by atoms with Crippen molar-refractivity contribution in [2.45, 2.75) is 33.2 Å². The number of hydrogen-bond acceptors (Lipinski definition) is 3. The maximum absolute atomic E-state index is 11.1. The van der Waals surface area contributed by atoms with Gasteiger partial charge < -0.3 is 10.1 Å². The largest absolute Gasteiger partial charge is 0.469 e. The molecule has 0 bridgehead atoms. The number of esters is 1. The number of aryl methyl sites for hydroxylation is 1. The Balaban J connectivity index is 2.66. The van der Waals surface area contributed by atoms with Gasteiger partial charge in [0.1, 0.15) is 0 Å². The van der Waals surface area contributed by atoms with Gasteiger partial charge in [-0.15, -0.1) is 0 Å². The van der Waals surface area contributed by atoms with Crippen LogP contribution in [-0.2, 0) is 9.53 Å². The first-order valence-electron chi connectivity index (χ1n) is 5.44. The third-order valence-electron chi connectivity index (χ3n) is 2.71. The Morgan fingerprint density at radius 3 is 2.75 bits per heavy atom. The molecular formula is C13H19NO2. The average Bonchev–Trinajstić information content (AvgIpc) is 2.24. The lowest BCUT2D eigenvalue weighted by Gasteiger charge is -2.16. The van der Waals surface area contributed by atoms with Crippen molar-refractivity contribution in [1.82, 2.24) is 0 Å². The minimum absolute atomic E-state index is 0.0768. The van der Waals surface area contributed by atoms with Gasteiger partial charge in [-0.1, -0.05) is 12.1 Å². The standard InChI is InChI=1S/C13H19NO2/c1-9-6-5-7-12(11(9)3)14-10(2)8-13(15)16-4/h5-7,10,14H,8H2,1-4H3. The third-order valence-corrected chi connectivity index (χ3v) is 2.71. The highest BCUT2D eigenvalue weighted by atomic mass is 16.5. The highest BCUT2D eigenvalue weighted by Gasteiger charge is 2.10. The van der Waals surface area contributed by atoms with Gasteiger partial charge in [0.2, 0.25) is 0 Å². The van der Waals surface area contributed by atoms with Crippen LogP contribution in [0.15, 0.2) is 18.2 Å². The van der Waals surface area contributed by atoms with Crippen molar-refractivity contribution in [3.8, 4) is 0 Å². The first-order valence-corrected chi connectivity index (χ1v) is 5.44. The second kappa shape index (κ2) is 5.54. The van der Waals surface area contributed by atoms with Crippen molar-refractivity contribution in [1.29, 1.82) is 0 Å². The summed E-state index contributed by atoms with van der Waals surface area (Å²) in [5.41, 5.74) is 3.55. The maximum Gasteiger partial charge on any atom is 0.307 e. The van der Waals surface area contributed by atoms with E-state index < -0.39 is 0 Å². The Morgan fingerprint density at radius 1 is 1.44 bits per heavy atom. The molecule has 1 atom stereocenters. The van der Waals surface area contributed by atoms with E-state index in [4.69, 9.17) is 0 Å². The van der Waals surface area contributed by atoms with Crippen molar-refractivity contribution in [2.24, 2.45) is 0 Å². The Bertz CT molecular complexity index is 374. The zero-order valence-electron chi connectivity index (χ0n) is 10.3. The fourth-order valence-corrected chi connectivity index (χ4v) is 1.56. The molecule has 0 aliphatic heterocycles. The molecule has 1 N–H and O–H groups in total. The van der Waals surface area contributed by atoms with E-state index in [1.807, 2.05) is 19.1 Å². The van der Waals surface area contributed by atoms with Crippen LogP contribution >= 0.6 is 0 Å². The summed E-state index contributed by atoms with van der Waals surface area (Å²) in [6.45, 7) is 6.12. The number of nitrogens with one attached hydrogen (secondary N) is 1. The fraction of sp³-hybridized carbons (Fsp3) is 0.462. The molecule has 0 saturated heterocycles. The monoisotopic (exact) mass is 221 g/mol. The van der Waals surface area contributed by atoms with E-state index in [1.165, 1.54) is 18.2 Å². The molecule has 0 aliphatic rings. The number of carbonyl (C=O) groups excluding carboxylic acids is 1. The van der Waals surface area contributed by atoms with Crippen LogP contribution in [0, 0.1) is 13.8 Å². The molecule has 1 rings (SSSR count). The van der Waals surface area contributed by atoms with Gasteiger partial charge in [-0.3, -0.25) is 4.79 Å². The number of benzene rings is 1. The van der Waals surface area contributed by atoms with Crippen LogP contribution in [0.1, 0.15) is 24.5 Å². The van der Waals surface area contributed by atoms with Crippen LogP contribution in [0.2, 0.25) is 0 Å². The Labute approximate surface area is 96.8 Å². The molecular weight excluding hydrogens is 202 g/mol. The molecule has 0 fully saturated rings. The summed E-state index contributed by atoms with van der Waals surface area (Å²) < 4.78 is 4.63. The second-order valence-corrected chi connectivity index (χ2v) is 4.07. The normalized spacial score (nSPS) is 12.0. The Kier molecular flexibility index (Phi) is 4.35. The highest BCUT2D eigenvalue weighted by molar-refractivity contribution is 5.70. The summed E-state index contributed by atoms with van der Waals surface area (Å²) in [5, 5.41) is 3.32. The van der Waals surface area contributed by atoms with Gasteiger partial charge in [0.15, 0.2) is 0 Å². The van der Waals surface area contributed by atoms with E-state index in [9.17, 15) is 4.79 Å². The van der Waals surface area contributed by atoms with Crippen molar-refractivity contribution in [3.63, 3.8) is 0 Å². The van der Waals surface area contributed by atoms with E-state index in [2.05, 4.69) is 30.0 Å². The zero-order chi connectivity index (χ0) is 12.1. The summed E-state index contributed by atoms with van der Waals surface area (Å²) in [7, 11) is 1.41. The third kappa shape index (κ3) is 3.26. The molecule has 3 heteroatoms. The quantitative estimate of drug-likeness (QED) is 0.794. The van der Waals surface area contributed by atoms with Crippen molar-refractivity contribution in [2.75, 3.05) is 12.4 Å². The van der Waals surface area contributed by atoms with Crippen LogP contribution < -0.4 is 5.32 Å². The second-order valence-electron chi connectivity index (χ2n) is 4.07. The summed E-state index contributed by atoms with van der Waals surface area (Å²) in [6, 6.07) is 6.19. The maximum atomic E-state index is 11.1. The summed E-state index contributed by atoms with van der Waals surface area (Å²) in [4.78, 5) is 11.1. The molecule has 0 radical (unpaired) electrons. The number of methoxy groups -OCH3 is 1. The fourth-order valence-electron chi connectivity index (χ4n) is 1.56. The minimum Gasteiger partial charge on any atom is -0.469 e. The van der Waals surface area contributed by atoms with Gasteiger partial charge in [0.25, 0.3) is 0 Å². The number of hydrogen-bond donors (Lipinski definition) is 1. The molecule has 0 aromatic heterocycles. The lowest BCUT2D eigenvalue weighted by molar-refractivity contribution is -0.140. The SMILES string of the molecule is COC(=O)CC(C)Nc1cccc(C)c1C. The van der Waals surface area contributed by atoms with E-state index in [0.29, 0.717) is 6.42 Å². The molecule has 0 heterocycles. The highest BCUT2D eigenvalue weighted by Crippen LogP contribution is 2.19. The molecule has 88 valence electrons. The molecule has 1 aromatic carbocycles. The summed E-state index contributed by atoms with van der Waals surface area (Å²) in [5.74, 6) is -0.190. The zero-order valence-corrected chi connectivity index (χ0v) is 10.3. The van der Waals surface area contributed by atoms with Crippen LogP contribution in [0.25, 0.3) is 0 Å². The number of rotatable bonds is 4. The molecule has 1 unspecified atom stereocenters. The number of ether oxygens (including phenoxy) is 1. The summed E-state index contributed by atoms with van der Waals surface area (Å²) >= 11 is 0. The Morgan fingerprint density at radius 2 is 2.12 bits per heavy atom. The predicted molar refractivity (Wildman–Crippen MR) is 65.6 cm³/mol. The van der Waals surface area contributed by atoms with Crippen LogP contribution in [-0.4, -0.2) is 19.1 Å². The van der Waals surface area contributed by atoms with Crippen molar-refractivity contribution >= 4 is 11.7 Å². The van der Waals surface area contributed by atoms with E-state index >= 15 is 0 Å². The van der Waals surface area contributed by atoms with Gasteiger partial charge in [-0.05, 0) is 38.0 Å². The van der Waals surface area contributed by atoms with Crippen molar-refractivity contribution < 1.29 is 9.53 Å². The van der Waals surface area contributed by atoms with Crippen LogP contribution in [0.4, 0.5) is 5.69 Å². The molecule has 0 saturated carbocycles. The van der Waals surface area contributed by atoms with Gasteiger partial charge in [0, 0.05) is 11.7 Å². The van der Waals surface area contributed by atoms with E-state index in [0.717, 1.165) is 5.69 Å². The van der Waals surface area contributed by atoms with Crippen LogP contribution in [0.5, 0.6) is 0 Å². The molecule has 1 aromatic rings. The number of anilines is 1. The molecule has 0 amide bonds. The molecule has 0 aliphatic carbocycles. The molecule has 3 nitrogen and oxygen atoms in total. The van der Waals surface area contributed by atoms with E-state index in [-0.39, 0.29) is 12.0 Å². The Hall–Kier alpha value is -1.51. The topological polar surface area (TPSA) is 38.3 Å². The first-order chi connectivity index (χ1) is 7.54. The van der Waals surface area contributed by atoms with Gasteiger partial charge in [-0.2, -0.15) is 0 Å². The van der Waals surface area contributed by atoms with Crippen LogP contribution in [0.3, 0.4) is 0 Å². The number of carbonyl (C=O) groups is 1. The molecule has 16 heavy (non-hydrogen) atoms. The van der Waals surface area contributed by atoms with Gasteiger partial charge in [0.05, 0.1) is 13.5 Å². The summed E-state index contributed by atoms with van der Waals surface area (Å²) in [6.07, 6.45) is 0.379. The predicted octanol–water partition coefficient (Wildman–Crippen LogP) is 2.67. The first kappa shape index (κ1) is 12.6. The lowest BCUT2D eigenvalue weighted by atomic mass is 10.1.